The number of alkyl halides is 1. The van der Waals surface area contributed by atoms with Gasteiger partial charge in [-0.15, -0.1) is 0 Å². The summed E-state index contributed by atoms with van der Waals surface area (Å²) in [5.74, 6) is 0. The lowest BCUT2D eigenvalue weighted by atomic mass is 10.3. The quantitative estimate of drug-likeness (QED) is 0.347. The van der Waals surface area contributed by atoms with E-state index in [4.69, 9.17) is 4.79 Å². The smallest absolute Gasteiger partial charge is 0.269 e. The lowest BCUT2D eigenvalue weighted by Crippen LogP contribution is -1.84. The average molecular weight is 246 g/mol. The zero-order chi connectivity index (χ0) is 10.1. The fourth-order valence-electron chi connectivity index (χ4n) is 0.550. The van der Waals surface area contributed by atoms with Crippen LogP contribution in [0.3, 0.4) is 0 Å². The molecular weight excluding hydrogens is 238 g/mol. The van der Waals surface area contributed by atoms with E-state index in [1.54, 1.807) is 18.2 Å². The van der Waals surface area contributed by atoms with Gasteiger partial charge in [0.05, 0.1) is 10.3 Å². The highest BCUT2D eigenvalue weighted by Gasteiger charge is 1.98. The summed E-state index contributed by atoms with van der Waals surface area (Å²) in [5.41, 5.74) is 0.137. The molecule has 1 aromatic rings. The molecule has 0 heterocycles. The average Bonchev–Trinajstić information content (AvgIpc) is 2.19. The van der Waals surface area contributed by atoms with E-state index >= 15 is 0 Å². The summed E-state index contributed by atoms with van der Waals surface area (Å²) in [6.07, 6.45) is 0.792. The largest absolute Gasteiger partial charge is 0.302 e. The van der Waals surface area contributed by atoms with Crippen LogP contribution in [0.1, 0.15) is 0 Å². The molecule has 13 heavy (non-hydrogen) atoms. The maximum absolute atomic E-state index is 10.0. The van der Waals surface area contributed by atoms with Gasteiger partial charge in [0.2, 0.25) is 0 Å². The number of hydrogen-bond donors (Lipinski definition) is 0. The van der Waals surface area contributed by atoms with Gasteiger partial charge in [-0.25, -0.2) is 0 Å². The summed E-state index contributed by atoms with van der Waals surface area (Å²) in [7, 11) is 0. The van der Waals surface area contributed by atoms with Crippen LogP contribution in [0.5, 0.6) is 0 Å². The van der Waals surface area contributed by atoms with Crippen molar-refractivity contribution in [2.24, 2.45) is 0 Å². The lowest BCUT2D eigenvalue weighted by Gasteiger charge is -1.85. The molecule has 5 heteroatoms. The molecule has 0 radical (unpaired) electrons. The molecule has 0 N–H and O–H groups in total. The molecule has 0 spiro atoms. The predicted octanol–water partition coefficient (Wildman–Crippen LogP) is 2.17. The molecule has 4 nitrogen and oxygen atoms in total. The minimum atomic E-state index is -0.417. The number of aldehydes is 1. The first kappa shape index (κ1) is 11.8. The van der Waals surface area contributed by atoms with Crippen LogP contribution in [0.15, 0.2) is 30.3 Å². The fraction of sp³-hybridized carbons (Fsp3) is 0.125. The predicted molar refractivity (Wildman–Crippen MR) is 53.0 cm³/mol. The molecule has 0 aromatic heterocycles. The monoisotopic (exact) mass is 245 g/mol. The van der Waals surface area contributed by atoms with E-state index in [2.05, 4.69) is 15.9 Å². The first-order valence-electron chi connectivity index (χ1n) is 3.41. The Morgan fingerprint density at radius 3 is 2.08 bits per heavy atom. The number of benzene rings is 1. The van der Waals surface area contributed by atoms with Gasteiger partial charge in [0.15, 0.2) is 0 Å². The van der Waals surface area contributed by atoms with Crippen molar-refractivity contribution in [1.29, 1.82) is 0 Å². The van der Waals surface area contributed by atoms with Crippen molar-refractivity contribution in [3.8, 4) is 0 Å². The number of nitro groups is 1. The first-order chi connectivity index (χ1) is 6.22. The number of nitro benzene ring substituents is 1. The van der Waals surface area contributed by atoms with E-state index in [9.17, 15) is 10.1 Å². The van der Waals surface area contributed by atoms with Gasteiger partial charge in [0.25, 0.3) is 5.69 Å². The Hall–Kier alpha value is -1.23. The highest BCUT2D eigenvalue weighted by atomic mass is 79.9. The fourth-order valence-corrected chi connectivity index (χ4v) is 0.550. The Morgan fingerprint density at radius 1 is 1.38 bits per heavy atom. The van der Waals surface area contributed by atoms with Crippen LogP contribution in [-0.2, 0) is 4.79 Å². The number of nitrogens with zero attached hydrogens (tertiary/aromatic N) is 1. The lowest BCUT2D eigenvalue weighted by molar-refractivity contribution is -0.384. The number of para-hydroxylation sites is 1. The van der Waals surface area contributed by atoms with E-state index < -0.39 is 4.92 Å². The molecule has 1 aromatic carbocycles. The third kappa shape index (κ3) is 5.98. The van der Waals surface area contributed by atoms with Gasteiger partial charge >= 0.3 is 0 Å². The molecular formula is C8H8BrNO3. The van der Waals surface area contributed by atoms with Gasteiger partial charge in [-0.05, 0) is 0 Å². The zero-order valence-corrected chi connectivity index (χ0v) is 8.31. The van der Waals surface area contributed by atoms with Gasteiger partial charge in [-0.3, -0.25) is 10.1 Å². The van der Waals surface area contributed by atoms with Crippen molar-refractivity contribution in [3.63, 3.8) is 0 Å². The van der Waals surface area contributed by atoms with Crippen LogP contribution in [0, 0.1) is 10.1 Å². The number of rotatable bonds is 2. The van der Waals surface area contributed by atoms with Crippen LogP contribution >= 0.6 is 15.9 Å². The van der Waals surface area contributed by atoms with Crippen molar-refractivity contribution in [2.75, 3.05) is 5.33 Å². The third-order valence-electron chi connectivity index (χ3n) is 1.03. The number of hydrogen-bond acceptors (Lipinski definition) is 3. The summed E-state index contributed by atoms with van der Waals surface area (Å²) < 4.78 is 0. The minimum Gasteiger partial charge on any atom is -0.302 e. The second kappa shape index (κ2) is 7.42. The van der Waals surface area contributed by atoms with E-state index in [0.717, 1.165) is 6.29 Å². The highest BCUT2D eigenvalue weighted by Crippen LogP contribution is 2.06. The van der Waals surface area contributed by atoms with Crippen molar-refractivity contribution < 1.29 is 9.72 Å². The van der Waals surface area contributed by atoms with E-state index in [1.165, 1.54) is 12.1 Å². The number of carbonyl (C=O) groups is 1. The normalized spacial score (nSPS) is 8.08. The Labute approximate surface area is 83.8 Å². The molecule has 0 aliphatic heterocycles. The van der Waals surface area contributed by atoms with Crippen LogP contribution < -0.4 is 0 Å². The van der Waals surface area contributed by atoms with Gasteiger partial charge < -0.3 is 4.79 Å². The topological polar surface area (TPSA) is 60.2 Å². The van der Waals surface area contributed by atoms with Crippen LogP contribution in [0.4, 0.5) is 5.69 Å². The molecule has 70 valence electrons. The maximum Gasteiger partial charge on any atom is 0.269 e. The van der Waals surface area contributed by atoms with Crippen LogP contribution in [-0.4, -0.2) is 16.5 Å². The third-order valence-corrected chi connectivity index (χ3v) is 1.29. The Kier molecular flexibility index (Phi) is 6.72. The van der Waals surface area contributed by atoms with Crippen molar-refractivity contribution in [3.05, 3.63) is 40.4 Å². The number of halogens is 1. The standard InChI is InChI=1S/C6H5NO2.C2H3BrO/c8-7(9)6-4-2-1-3-5-6;3-1-2-4/h1-5H;2H,1H2. The van der Waals surface area contributed by atoms with Crippen molar-refractivity contribution >= 4 is 27.9 Å². The minimum absolute atomic E-state index is 0.137. The number of non-ortho nitro benzene ring substituents is 1. The van der Waals surface area contributed by atoms with E-state index in [-0.39, 0.29) is 5.69 Å². The summed E-state index contributed by atoms with van der Waals surface area (Å²) in [4.78, 5) is 18.7. The molecule has 1 rings (SSSR count). The molecule has 0 aliphatic carbocycles. The summed E-state index contributed by atoms with van der Waals surface area (Å²) >= 11 is 2.88. The maximum atomic E-state index is 10.0. The second-order valence-corrected chi connectivity index (χ2v) is 2.56. The van der Waals surface area contributed by atoms with Gasteiger partial charge in [0, 0.05) is 12.1 Å². The molecule has 0 bridgehead atoms. The molecule has 0 unspecified atom stereocenters. The molecule has 0 atom stereocenters. The highest BCUT2D eigenvalue weighted by molar-refractivity contribution is 9.09. The van der Waals surface area contributed by atoms with Crippen molar-refractivity contribution in [2.45, 2.75) is 0 Å². The second-order valence-electron chi connectivity index (χ2n) is 1.91. The molecule has 0 amide bonds. The molecule has 0 fully saturated rings. The summed E-state index contributed by atoms with van der Waals surface area (Å²) in [5, 5.41) is 10.5. The Balaban J connectivity index is 0.000000310. The van der Waals surface area contributed by atoms with Gasteiger partial charge in [-0.2, -0.15) is 0 Å². The van der Waals surface area contributed by atoms with Gasteiger partial charge in [0.1, 0.15) is 6.29 Å². The number of carbonyl (C=O) groups excluding carboxylic acids is 1. The van der Waals surface area contributed by atoms with Crippen LogP contribution in [0.25, 0.3) is 0 Å². The Bertz CT molecular complexity index is 263. The molecule has 0 saturated carbocycles. The van der Waals surface area contributed by atoms with E-state index in [0.29, 0.717) is 5.33 Å². The summed E-state index contributed by atoms with van der Waals surface area (Å²) in [6, 6.07) is 7.93. The summed E-state index contributed by atoms with van der Waals surface area (Å²) in [6.45, 7) is 0. The van der Waals surface area contributed by atoms with Crippen LogP contribution in [0.2, 0.25) is 0 Å². The molecule has 0 aliphatic rings. The SMILES string of the molecule is O=CCBr.O=[N+]([O-])c1ccccc1. The molecule has 0 saturated heterocycles. The van der Waals surface area contributed by atoms with E-state index in [1.807, 2.05) is 0 Å². The zero-order valence-electron chi connectivity index (χ0n) is 6.72. The first-order valence-corrected chi connectivity index (χ1v) is 4.53. The van der Waals surface area contributed by atoms with Crippen molar-refractivity contribution in [1.82, 2.24) is 0 Å². The Morgan fingerprint density at radius 2 is 1.85 bits per heavy atom. The van der Waals surface area contributed by atoms with Gasteiger partial charge in [-0.1, -0.05) is 34.1 Å².